The molecule has 0 unspecified atom stereocenters. The zero-order valence-corrected chi connectivity index (χ0v) is 23.8. The Morgan fingerprint density at radius 1 is 1.12 bits per heavy atom. The number of nitriles is 1. The Morgan fingerprint density at radius 2 is 1.90 bits per heavy atom. The number of carbonyl (C=O) groups excluding carboxylic acids is 2. The molecule has 2 heterocycles. The minimum absolute atomic E-state index is 0.0489. The summed E-state index contributed by atoms with van der Waals surface area (Å²) in [5, 5.41) is 30.6. The van der Waals surface area contributed by atoms with Crippen LogP contribution in [0.15, 0.2) is 81.1 Å². The van der Waals surface area contributed by atoms with E-state index >= 15 is 0 Å². The first-order valence-corrected chi connectivity index (χ1v) is 13.9. The van der Waals surface area contributed by atoms with Gasteiger partial charge >= 0.3 is 0 Å². The van der Waals surface area contributed by atoms with E-state index in [2.05, 4.69) is 22.0 Å². The van der Waals surface area contributed by atoms with E-state index in [1.807, 2.05) is 32.0 Å². The Hall–Kier alpha value is -4.82. The van der Waals surface area contributed by atoms with Gasteiger partial charge in [-0.05, 0) is 62.1 Å². The highest BCUT2D eigenvalue weighted by molar-refractivity contribution is 8.03. The molecule has 0 bridgehead atoms. The molecular weight excluding hydrogens is 542 g/mol. The number of non-ortho nitro benzene ring substituents is 1. The number of para-hydroxylation sites is 1. The number of allylic oxidation sites excluding steroid dienone is 2. The van der Waals surface area contributed by atoms with Gasteiger partial charge in [0.05, 0.1) is 45.1 Å². The summed E-state index contributed by atoms with van der Waals surface area (Å²) in [7, 11) is 0. The zero-order chi connectivity index (χ0) is 29.7. The number of nitro groups is 1. The highest BCUT2D eigenvalue weighted by atomic mass is 32.2. The average Bonchev–Trinajstić information content (AvgIpc) is 3.48. The maximum atomic E-state index is 13.7. The van der Waals surface area contributed by atoms with Crippen molar-refractivity contribution in [2.45, 2.75) is 40.0 Å². The predicted molar refractivity (Wildman–Crippen MR) is 158 cm³/mol. The number of thioether (sulfide) groups is 1. The summed E-state index contributed by atoms with van der Waals surface area (Å²) in [5.74, 6) is -1.12. The van der Waals surface area contributed by atoms with Crippen molar-refractivity contribution < 1.29 is 18.9 Å². The summed E-state index contributed by atoms with van der Waals surface area (Å²) >= 11 is 1.12. The van der Waals surface area contributed by atoms with Crippen molar-refractivity contribution in [2.75, 3.05) is 16.4 Å². The van der Waals surface area contributed by atoms with Crippen LogP contribution in [0, 0.1) is 35.3 Å². The molecule has 41 heavy (non-hydrogen) atoms. The van der Waals surface area contributed by atoms with E-state index in [-0.39, 0.29) is 28.8 Å². The Labute approximate surface area is 241 Å². The molecule has 1 aliphatic rings. The lowest BCUT2D eigenvalue weighted by atomic mass is 9.85. The molecule has 0 fully saturated rings. The maximum absolute atomic E-state index is 13.7. The lowest BCUT2D eigenvalue weighted by Crippen LogP contribution is -2.31. The standard InChI is InChI=1S/C30H29N5O5S/c1-5-20-9-6-8-17(2)28(20)34-29(37)26-19(4)32-30(22(15-31)27(26)24-10-7-13-40-24)41-16-25(36)33-23-12-11-21(35(38)39)14-18(23)3/h6-14,27,32H,5,16H2,1-4H3,(H,33,36)(H,34,37)/t27-/m0/s1. The van der Waals surface area contributed by atoms with Crippen molar-refractivity contribution in [1.29, 1.82) is 5.26 Å². The van der Waals surface area contributed by atoms with Crippen LogP contribution >= 0.6 is 11.8 Å². The van der Waals surface area contributed by atoms with Crippen LogP contribution in [0.5, 0.6) is 0 Å². The molecule has 3 N–H and O–H groups in total. The zero-order valence-electron chi connectivity index (χ0n) is 23.0. The first-order chi connectivity index (χ1) is 19.6. The van der Waals surface area contributed by atoms with Gasteiger partial charge in [-0.2, -0.15) is 5.26 Å². The van der Waals surface area contributed by atoms with Crippen molar-refractivity contribution in [3.05, 3.63) is 109 Å². The van der Waals surface area contributed by atoms with Gasteiger partial charge < -0.3 is 20.4 Å². The number of carbonyl (C=O) groups is 2. The molecule has 0 saturated carbocycles. The maximum Gasteiger partial charge on any atom is 0.269 e. The van der Waals surface area contributed by atoms with Gasteiger partial charge in [0.2, 0.25) is 5.91 Å². The van der Waals surface area contributed by atoms with Gasteiger partial charge in [-0.1, -0.05) is 36.9 Å². The van der Waals surface area contributed by atoms with Crippen LogP contribution in [0.2, 0.25) is 0 Å². The summed E-state index contributed by atoms with van der Waals surface area (Å²) in [4.78, 5) is 37.0. The van der Waals surface area contributed by atoms with Crippen molar-refractivity contribution in [2.24, 2.45) is 0 Å². The first-order valence-electron chi connectivity index (χ1n) is 12.9. The van der Waals surface area contributed by atoms with Gasteiger partial charge in [-0.25, -0.2) is 0 Å². The number of benzene rings is 2. The molecule has 0 radical (unpaired) electrons. The van der Waals surface area contributed by atoms with Crippen molar-refractivity contribution in [3.8, 4) is 6.07 Å². The van der Waals surface area contributed by atoms with Gasteiger partial charge in [0.15, 0.2) is 0 Å². The van der Waals surface area contributed by atoms with E-state index in [0.717, 1.165) is 35.0 Å². The fourth-order valence-electron chi connectivity index (χ4n) is 4.68. The largest absolute Gasteiger partial charge is 0.468 e. The highest BCUT2D eigenvalue weighted by Crippen LogP contribution is 2.41. The number of furan rings is 1. The minimum Gasteiger partial charge on any atom is -0.468 e. The molecular formula is C30H29N5O5S. The number of anilines is 2. The Bertz CT molecular complexity index is 1620. The van der Waals surface area contributed by atoms with Crippen LogP contribution in [0.25, 0.3) is 0 Å². The van der Waals surface area contributed by atoms with Gasteiger partial charge in [-0.3, -0.25) is 19.7 Å². The van der Waals surface area contributed by atoms with Crippen LogP contribution in [-0.2, 0) is 16.0 Å². The van der Waals surface area contributed by atoms with E-state index in [1.165, 1.54) is 24.5 Å². The number of nitrogens with zero attached hydrogens (tertiary/aromatic N) is 2. The molecule has 0 saturated heterocycles. The molecule has 1 aromatic heterocycles. The van der Waals surface area contributed by atoms with Gasteiger partial charge in [0.1, 0.15) is 5.76 Å². The third kappa shape index (κ3) is 6.34. The first kappa shape index (κ1) is 29.2. The summed E-state index contributed by atoms with van der Waals surface area (Å²) in [6, 6.07) is 15.7. The molecule has 1 aliphatic heterocycles. The van der Waals surface area contributed by atoms with Crippen molar-refractivity contribution >= 4 is 40.6 Å². The number of hydrogen-bond donors (Lipinski definition) is 3. The summed E-state index contributed by atoms with van der Waals surface area (Å²) in [6.07, 6.45) is 2.22. The second-order valence-electron chi connectivity index (χ2n) is 9.48. The van der Waals surface area contributed by atoms with Crippen LogP contribution in [-0.4, -0.2) is 22.5 Å². The number of hydrogen-bond acceptors (Lipinski definition) is 8. The molecule has 0 spiro atoms. The number of dihydropyridines is 1. The van der Waals surface area contributed by atoms with Gasteiger partial charge in [-0.15, -0.1) is 0 Å². The Balaban J connectivity index is 1.59. The molecule has 2 amide bonds. The number of aryl methyl sites for hydroxylation is 3. The lowest BCUT2D eigenvalue weighted by molar-refractivity contribution is -0.384. The summed E-state index contributed by atoms with van der Waals surface area (Å²) in [6.45, 7) is 7.36. The second kappa shape index (κ2) is 12.6. The van der Waals surface area contributed by atoms with Crippen LogP contribution in [0.4, 0.5) is 17.1 Å². The molecule has 10 nitrogen and oxygen atoms in total. The van der Waals surface area contributed by atoms with E-state index in [4.69, 9.17) is 4.42 Å². The van der Waals surface area contributed by atoms with E-state index in [0.29, 0.717) is 33.3 Å². The summed E-state index contributed by atoms with van der Waals surface area (Å²) in [5.41, 5.74) is 4.73. The SMILES string of the molecule is CCc1cccc(C)c1NC(=O)C1=C(C)NC(SCC(=O)Nc2ccc([N+](=O)[O-])cc2C)=C(C#N)[C@H]1c1ccco1. The minimum atomic E-state index is -0.784. The van der Waals surface area contributed by atoms with Crippen LogP contribution in [0.3, 0.4) is 0 Å². The second-order valence-corrected chi connectivity index (χ2v) is 10.5. The topological polar surface area (TPSA) is 150 Å². The molecule has 1 atom stereocenters. The fraction of sp³-hybridized carbons (Fsp3) is 0.233. The van der Waals surface area contributed by atoms with Gasteiger partial charge in [0, 0.05) is 29.2 Å². The molecule has 2 aromatic carbocycles. The van der Waals surface area contributed by atoms with E-state index < -0.39 is 10.8 Å². The van der Waals surface area contributed by atoms with Crippen LogP contribution in [0.1, 0.15) is 42.2 Å². The molecule has 4 rings (SSSR count). The number of amides is 2. The number of rotatable bonds is 9. The third-order valence-corrected chi connectivity index (χ3v) is 7.76. The van der Waals surface area contributed by atoms with Crippen molar-refractivity contribution in [1.82, 2.24) is 5.32 Å². The van der Waals surface area contributed by atoms with E-state index in [9.17, 15) is 25.0 Å². The lowest BCUT2D eigenvalue weighted by Gasteiger charge is -2.28. The van der Waals surface area contributed by atoms with E-state index in [1.54, 1.807) is 26.0 Å². The average molecular weight is 572 g/mol. The highest BCUT2D eigenvalue weighted by Gasteiger charge is 2.36. The van der Waals surface area contributed by atoms with Crippen LogP contribution < -0.4 is 16.0 Å². The Kier molecular flexibility index (Phi) is 8.94. The Morgan fingerprint density at radius 3 is 2.54 bits per heavy atom. The monoisotopic (exact) mass is 571 g/mol. The number of nitro benzene ring substituents is 1. The summed E-state index contributed by atoms with van der Waals surface area (Å²) < 4.78 is 5.68. The molecule has 11 heteroatoms. The quantitative estimate of drug-likeness (QED) is 0.207. The molecule has 210 valence electrons. The predicted octanol–water partition coefficient (Wildman–Crippen LogP) is 6.07. The number of nitrogens with one attached hydrogen (secondary N) is 3. The smallest absolute Gasteiger partial charge is 0.269 e. The molecule has 3 aromatic rings. The van der Waals surface area contributed by atoms with Crippen molar-refractivity contribution in [3.63, 3.8) is 0 Å². The molecule has 0 aliphatic carbocycles. The fourth-order valence-corrected chi connectivity index (χ4v) is 5.57. The normalized spacial score (nSPS) is 14.8. The van der Waals surface area contributed by atoms with Gasteiger partial charge in [0.25, 0.3) is 11.6 Å². The third-order valence-electron chi connectivity index (χ3n) is 6.74.